The average molecular weight is 199 g/mol. The minimum atomic E-state index is -0.679. The fourth-order valence-electron chi connectivity index (χ4n) is 2.02. The quantitative estimate of drug-likeness (QED) is 0.739. The third-order valence-corrected chi connectivity index (χ3v) is 3.33. The molecule has 1 unspecified atom stereocenters. The highest BCUT2D eigenvalue weighted by Gasteiger charge is 2.28. The third kappa shape index (κ3) is 3.29. The summed E-state index contributed by atoms with van der Waals surface area (Å²) >= 11 is 0. The first-order valence-corrected chi connectivity index (χ1v) is 5.33. The fraction of sp³-hybridized carbons (Fsp3) is 0.909. The molecule has 0 amide bonds. The highest BCUT2D eigenvalue weighted by atomic mass is 16.4. The van der Waals surface area contributed by atoms with Gasteiger partial charge in [0.1, 0.15) is 0 Å². The first-order valence-electron chi connectivity index (χ1n) is 5.33. The van der Waals surface area contributed by atoms with Crippen molar-refractivity contribution < 1.29 is 9.90 Å². The molecule has 1 rings (SSSR count). The second-order valence-electron chi connectivity index (χ2n) is 5.19. The number of aliphatic carboxylic acids is 1. The first kappa shape index (κ1) is 11.5. The van der Waals surface area contributed by atoms with Gasteiger partial charge in [-0.05, 0) is 38.3 Å². The van der Waals surface area contributed by atoms with Gasteiger partial charge in [0.15, 0.2) is 0 Å². The molecular formula is C11H21NO2. The van der Waals surface area contributed by atoms with Gasteiger partial charge in [0, 0.05) is 6.04 Å². The topological polar surface area (TPSA) is 40.5 Å². The van der Waals surface area contributed by atoms with E-state index >= 15 is 0 Å². The van der Waals surface area contributed by atoms with Crippen LogP contribution in [0, 0.1) is 5.41 Å². The number of hydrogen-bond donors (Lipinski definition) is 1. The molecule has 0 aliphatic carbocycles. The van der Waals surface area contributed by atoms with E-state index in [2.05, 4.69) is 18.7 Å². The molecule has 0 bridgehead atoms. The van der Waals surface area contributed by atoms with Crippen LogP contribution in [-0.2, 0) is 4.79 Å². The van der Waals surface area contributed by atoms with Crippen LogP contribution in [0.3, 0.4) is 0 Å². The Hall–Kier alpha value is -0.570. The van der Waals surface area contributed by atoms with Crippen LogP contribution >= 0.6 is 0 Å². The maximum absolute atomic E-state index is 10.7. The summed E-state index contributed by atoms with van der Waals surface area (Å²) in [5.41, 5.74) is 0.377. The number of hydrogen-bond acceptors (Lipinski definition) is 2. The molecule has 0 radical (unpaired) electrons. The van der Waals surface area contributed by atoms with Crippen molar-refractivity contribution in [1.29, 1.82) is 0 Å². The molecule has 14 heavy (non-hydrogen) atoms. The normalized spacial score (nSPS) is 28.4. The standard InChI is InChI=1S/C11H21NO2/c1-11(2)5-4-9(8-10(13)14)12(3)7-6-11/h9H,4-8H2,1-3H3,(H,13,14). The zero-order valence-electron chi connectivity index (χ0n) is 9.42. The Kier molecular flexibility index (Phi) is 3.53. The number of nitrogens with zero attached hydrogens (tertiary/aromatic N) is 1. The van der Waals surface area contributed by atoms with Crippen LogP contribution in [0.2, 0.25) is 0 Å². The predicted octanol–water partition coefficient (Wildman–Crippen LogP) is 1.97. The lowest BCUT2D eigenvalue weighted by Gasteiger charge is -2.23. The monoisotopic (exact) mass is 199 g/mol. The van der Waals surface area contributed by atoms with E-state index in [9.17, 15) is 4.79 Å². The highest BCUT2D eigenvalue weighted by molar-refractivity contribution is 5.67. The van der Waals surface area contributed by atoms with Crippen LogP contribution in [0.15, 0.2) is 0 Å². The van der Waals surface area contributed by atoms with Crippen molar-refractivity contribution in [3.63, 3.8) is 0 Å². The maximum atomic E-state index is 10.7. The highest BCUT2D eigenvalue weighted by Crippen LogP contribution is 2.32. The van der Waals surface area contributed by atoms with Crippen LogP contribution in [0.5, 0.6) is 0 Å². The summed E-state index contributed by atoms with van der Waals surface area (Å²) in [6.07, 6.45) is 3.59. The molecule has 1 N–H and O–H groups in total. The Morgan fingerprint density at radius 1 is 1.50 bits per heavy atom. The predicted molar refractivity (Wildman–Crippen MR) is 56.3 cm³/mol. The number of likely N-dealkylation sites (tertiary alicyclic amines) is 1. The van der Waals surface area contributed by atoms with Crippen molar-refractivity contribution >= 4 is 5.97 Å². The van der Waals surface area contributed by atoms with Gasteiger partial charge in [0.05, 0.1) is 6.42 Å². The van der Waals surface area contributed by atoms with Gasteiger partial charge in [-0.2, -0.15) is 0 Å². The van der Waals surface area contributed by atoms with Crippen LogP contribution < -0.4 is 0 Å². The lowest BCUT2D eigenvalue weighted by molar-refractivity contribution is -0.138. The number of carboxylic acids is 1. The molecule has 1 saturated heterocycles. The average Bonchev–Trinajstić information content (AvgIpc) is 2.17. The first-order chi connectivity index (χ1) is 6.41. The Morgan fingerprint density at radius 2 is 2.14 bits per heavy atom. The molecule has 0 spiro atoms. The summed E-state index contributed by atoms with van der Waals surface area (Å²) in [7, 11) is 2.04. The molecule has 1 heterocycles. The molecule has 3 nitrogen and oxygen atoms in total. The van der Waals surface area contributed by atoms with E-state index in [1.165, 1.54) is 6.42 Å². The number of carboxylic acid groups (broad SMARTS) is 1. The van der Waals surface area contributed by atoms with Crippen molar-refractivity contribution in [3.8, 4) is 0 Å². The molecule has 1 aliphatic rings. The van der Waals surface area contributed by atoms with Crippen molar-refractivity contribution in [2.75, 3.05) is 13.6 Å². The molecule has 0 aromatic heterocycles. The van der Waals surface area contributed by atoms with Gasteiger partial charge in [-0.25, -0.2) is 0 Å². The van der Waals surface area contributed by atoms with E-state index in [-0.39, 0.29) is 12.5 Å². The Balaban J connectivity index is 2.56. The summed E-state index contributed by atoms with van der Waals surface area (Å²) in [6, 6.07) is 0.231. The van der Waals surface area contributed by atoms with Gasteiger partial charge in [-0.1, -0.05) is 13.8 Å². The SMILES string of the molecule is CN1CCC(C)(C)CCC1CC(=O)O. The van der Waals surface area contributed by atoms with Crippen LogP contribution in [0.25, 0.3) is 0 Å². The molecule has 82 valence electrons. The molecule has 0 saturated carbocycles. The van der Waals surface area contributed by atoms with Gasteiger partial charge < -0.3 is 10.0 Å². The molecule has 3 heteroatoms. The maximum Gasteiger partial charge on any atom is 0.304 e. The second-order valence-corrected chi connectivity index (χ2v) is 5.19. The largest absolute Gasteiger partial charge is 0.481 e. The van der Waals surface area contributed by atoms with Crippen molar-refractivity contribution in [3.05, 3.63) is 0 Å². The lowest BCUT2D eigenvalue weighted by Crippen LogP contribution is -2.32. The molecule has 0 aromatic carbocycles. The summed E-state index contributed by atoms with van der Waals surface area (Å²) in [6.45, 7) is 5.55. The zero-order chi connectivity index (χ0) is 10.8. The lowest BCUT2D eigenvalue weighted by atomic mass is 9.84. The van der Waals surface area contributed by atoms with Crippen molar-refractivity contribution in [2.45, 2.75) is 45.6 Å². The molecule has 1 fully saturated rings. The summed E-state index contributed by atoms with van der Waals surface area (Å²) < 4.78 is 0. The van der Waals surface area contributed by atoms with E-state index in [1.807, 2.05) is 7.05 Å². The smallest absolute Gasteiger partial charge is 0.304 e. The van der Waals surface area contributed by atoms with E-state index in [1.54, 1.807) is 0 Å². The summed E-state index contributed by atoms with van der Waals surface area (Å²) in [4.78, 5) is 12.9. The van der Waals surface area contributed by atoms with Gasteiger partial charge in [-0.3, -0.25) is 4.79 Å². The Morgan fingerprint density at radius 3 is 2.71 bits per heavy atom. The molecule has 1 atom stereocenters. The number of carbonyl (C=O) groups is 1. The van der Waals surface area contributed by atoms with Gasteiger partial charge in [-0.15, -0.1) is 0 Å². The third-order valence-electron chi connectivity index (χ3n) is 3.33. The minimum Gasteiger partial charge on any atom is -0.481 e. The molecular weight excluding hydrogens is 178 g/mol. The molecule has 1 aliphatic heterocycles. The van der Waals surface area contributed by atoms with Gasteiger partial charge in [0.25, 0.3) is 0 Å². The van der Waals surface area contributed by atoms with E-state index < -0.39 is 5.97 Å². The zero-order valence-corrected chi connectivity index (χ0v) is 9.42. The van der Waals surface area contributed by atoms with E-state index in [4.69, 9.17) is 5.11 Å². The summed E-state index contributed by atoms with van der Waals surface area (Å²) in [5.74, 6) is -0.679. The van der Waals surface area contributed by atoms with Gasteiger partial charge in [0.2, 0.25) is 0 Å². The van der Waals surface area contributed by atoms with Gasteiger partial charge >= 0.3 is 5.97 Å². The summed E-state index contributed by atoms with van der Waals surface area (Å²) in [5, 5.41) is 8.78. The van der Waals surface area contributed by atoms with Crippen molar-refractivity contribution in [2.24, 2.45) is 5.41 Å². The van der Waals surface area contributed by atoms with Crippen LogP contribution in [0.4, 0.5) is 0 Å². The van der Waals surface area contributed by atoms with Crippen LogP contribution in [0.1, 0.15) is 39.5 Å². The number of rotatable bonds is 2. The van der Waals surface area contributed by atoms with E-state index in [0.717, 1.165) is 19.4 Å². The minimum absolute atomic E-state index is 0.231. The Labute approximate surface area is 86.1 Å². The second kappa shape index (κ2) is 4.30. The molecule has 0 aromatic rings. The fourth-order valence-corrected chi connectivity index (χ4v) is 2.02. The Bertz CT molecular complexity index is 213. The van der Waals surface area contributed by atoms with Crippen LogP contribution in [-0.4, -0.2) is 35.6 Å². The van der Waals surface area contributed by atoms with E-state index in [0.29, 0.717) is 5.41 Å². The van der Waals surface area contributed by atoms with Crippen molar-refractivity contribution in [1.82, 2.24) is 4.90 Å².